The molecule has 0 aliphatic carbocycles. The van der Waals surface area contributed by atoms with Gasteiger partial charge in [0.25, 0.3) is 0 Å². The summed E-state index contributed by atoms with van der Waals surface area (Å²) < 4.78 is -0.161. The van der Waals surface area contributed by atoms with Gasteiger partial charge < -0.3 is 6.53 Å². The van der Waals surface area contributed by atoms with E-state index < -0.39 is 5.30 Å². The van der Waals surface area contributed by atoms with Crippen molar-refractivity contribution in [2.75, 3.05) is 0 Å². The Labute approximate surface area is 83.2 Å². The van der Waals surface area contributed by atoms with Gasteiger partial charge in [0.2, 0.25) is 0 Å². The van der Waals surface area contributed by atoms with E-state index in [-0.39, 0.29) is 35.7 Å². The standard InChI is InChI=1S/C5H10O2S.Na.H/c1-5(2,3)8-4(6)7;;/h1-3H3,(H,6,7);;/q;+1;-1. The van der Waals surface area contributed by atoms with Crippen LogP contribution in [0.1, 0.15) is 22.2 Å². The number of carboxylic acid groups (broad SMARTS) is 1. The van der Waals surface area contributed by atoms with E-state index in [0.29, 0.717) is 0 Å². The summed E-state index contributed by atoms with van der Waals surface area (Å²) in [7, 11) is 0. The van der Waals surface area contributed by atoms with Crippen molar-refractivity contribution in [2.45, 2.75) is 25.5 Å². The van der Waals surface area contributed by atoms with Crippen molar-refractivity contribution in [1.82, 2.24) is 0 Å². The van der Waals surface area contributed by atoms with E-state index in [2.05, 4.69) is 0 Å². The monoisotopic (exact) mass is 158 g/mol. The van der Waals surface area contributed by atoms with E-state index in [1.165, 1.54) is 0 Å². The van der Waals surface area contributed by atoms with Gasteiger partial charge in [0.1, 0.15) is 0 Å². The summed E-state index contributed by atoms with van der Waals surface area (Å²) in [5, 5.41) is 7.40. The molecule has 0 rings (SSSR count). The SMILES string of the molecule is CC(C)(C)SC(=O)O.[H-].[Na+]. The molecule has 0 bridgehead atoms. The molecule has 0 aliphatic heterocycles. The first-order chi connectivity index (χ1) is 3.42. The maximum absolute atomic E-state index is 9.98. The Morgan fingerprint density at radius 1 is 1.56 bits per heavy atom. The predicted octanol–water partition coefficient (Wildman–Crippen LogP) is -0.687. The molecule has 50 valence electrons. The molecule has 0 saturated heterocycles. The summed E-state index contributed by atoms with van der Waals surface area (Å²) in [5.74, 6) is 0. The quantitative estimate of drug-likeness (QED) is 0.474. The third-order valence-corrected chi connectivity index (χ3v) is 1.18. The summed E-state index contributed by atoms with van der Waals surface area (Å²) in [6, 6.07) is 0. The predicted molar refractivity (Wildman–Crippen MR) is 36.5 cm³/mol. The molecule has 0 fully saturated rings. The van der Waals surface area contributed by atoms with E-state index in [1.54, 1.807) is 0 Å². The van der Waals surface area contributed by atoms with Gasteiger partial charge in [0.05, 0.1) is 0 Å². The molecule has 1 N–H and O–H groups in total. The van der Waals surface area contributed by atoms with Crippen LogP contribution in [0.3, 0.4) is 0 Å². The zero-order chi connectivity index (χ0) is 6.78. The van der Waals surface area contributed by atoms with Crippen LogP contribution in [0.4, 0.5) is 4.79 Å². The van der Waals surface area contributed by atoms with Gasteiger partial charge in [-0.15, -0.1) is 0 Å². The van der Waals surface area contributed by atoms with Gasteiger partial charge >= 0.3 is 34.9 Å². The van der Waals surface area contributed by atoms with Gasteiger partial charge in [-0.1, -0.05) is 20.8 Å². The first kappa shape index (κ1) is 12.5. The molecule has 0 spiro atoms. The van der Waals surface area contributed by atoms with Crippen LogP contribution in [0.15, 0.2) is 0 Å². The van der Waals surface area contributed by atoms with Gasteiger partial charge in [0.15, 0.2) is 0 Å². The summed E-state index contributed by atoms with van der Waals surface area (Å²) >= 11 is 0.928. The fourth-order valence-electron chi connectivity index (χ4n) is 0.262. The van der Waals surface area contributed by atoms with Crippen molar-refractivity contribution in [3.63, 3.8) is 0 Å². The maximum atomic E-state index is 9.98. The topological polar surface area (TPSA) is 37.3 Å². The van der Waals surface area contributed by atoms with Gasteiger partial charge in [-0.2, -0.15) is 0 Å². The first-order valence-corrected chi connectivity index (χ1v) is 3.15. The average Bonchev–Trinajstić information content (AvgIpc) is 1.21. The summed E-state index contributed by atoms with van der Waals surface area (Å²) in [5.41, 5.74) is 0. The molecule has 2 nitrogen and oxygen atoms in total. The second-order valence-corrected chi connectivity index (χ2v) is 4.26. The van der Waals surface area contributed by atoms with Crippen molar-refractivity contribution in [3.05, 3.63) is 0 Å². The van der Waals surface area contributed by atoms with Crippen LogP contribution in [0.5, 0.6) is 0 Å². The zero-order valence-corrected chi connectivity index (χ0v) is 9.08. The van der Waals surface area contributed by atoms with E-state index in [1.807, 2.05) is 20.8 Å². The van der Waals surface area contributed by atoms with E-state index in [4.69, 9.17) is 5.11 Å². The molecular formula is C5H11NaO2S. The van der Waals surface area contributed by atoms with Crippen LogP contribution in [0, 0.1) is 0 Å². The Morgan fingerprint density at radius 2 is 1.89 bits per heavy atom. The van der Waals surface area contributed by atoms with E-state index in [9.17, 15) is 4.79 Å². The molecule has 0 aromatic heterocycles. The first-order valence-electron chi connectivity index (χ1n) is 2.34. The largest absolute Gasteiger partial charge is 1.00 e. The van der Waals surface area contributed by atoms with Gasteiger partial charge in [-0.25, -0.2) is 4.79 Å². The Bertz CT molecular complexity index is 102. The molecular weight excluding hydrogens is 147 g/mol. The Hall–Kier alpha value is 0.820. The van der Waals surface area contributed by atoms with Crippen LogP contribution in [0.2, 0.25) is 0 Å². The Morgan fingerprint density at radius 3 is 1.89 bits per heavy atom. The van der Waals surface area contributed by atoms with Crippen molar-refractivity contribution in [1.29, 1.82) is 0 Å². The number of thioether (sulfide) groups is 1. The molecule has 0 amide bonds. The normalized spacial score (nSPS) is 10.1. The van der Waals surface area contributed by atoms with Crippen LogP contribution in [-0.2, 0) is 0 Å². The molecule has 0 heterocycles. The molecule has 0 atom stereocenters. The molecule has 0 saturated carbocycles. The molecule has 0 radical (unpaired) electrons. The van der Waals surface area contributed by atoms with Crippen molar-refractivity contribution in [2.24, 2.45) is 0 Å². The second kappa shape index (κ2) is 4.61. The van der Waals surface area contributed by atoms with Gasteiger partial charge in [-0.05, 0) is 11.8 Å². The van der Waals surface area contributed by atoms with Crippen molar-refractivity contribution in [3.8, 4) is 0 Å². The third kappa shape index (κ3) is 12.1. The van der Waals surface area contributed by atoms with Gasteiger partial charge in [-0.3, -0.25) is 0 Å². The molecule has 0 aliphatic rings. The molecule has 9 heavy (non-hydrogen) atoms. The molecule has 4 heteroatoms. The number of rotatable bonds is 0. The Kier molecular flexibility index (Phi) is 6.39. The molecule has 0 unspecified atom stereocenters. The van der Waals surface area contributed by atoms with Crippen LogP contribution in [0.25, 0.3) is 0 Å². The maximum Gasteiger partial charge on any atom is 1.00 e. The minimum Gasteiger partial charge on any atom is -1.00 e. The fraction of sp³-hybridized carbons (Fsp3) is 0.800. The molecule has 0 aromatic rings. The number of hydrogen-bond donors (Lipinski definition) is 1. The van der Waals surface area contributed by atoms with Crippen molar-refractivity contribution >= 4 is 17.1 Å². The number of carbonyl (C=O) groups is 1. The van der Waals surface area contributed by atoms with Gasteiger partial charge in [0, 0.05) is 4.75 Å². The average molecular weight is 158 g/mol. The molecule has 0 aromatic carbocycles. The second-order valence-electron chi connectivity index (χ2n) is 2.48. The summed E-state index contributed by atoms with van der Waals surface area (Å²) in [6.07, 6.45) is 0. The fourth-order valence-corrected chi connectivity index (χ4v) is 0.786. The zero-order valence-electron chi connectivity index (χ0n) is 7.26. The van der Waals surface area contributed by atoms with E-state index >= 15 is 0 Å². The number of hydrogen-bond acceptors (Lipinski definition) is 2. The van der Waals surface area contributed by atoms with E-state index in [0.717, 1.165) is 11.8 Å². The summed E-state index contributed by atoms with van der Waals surface area (Å²) in [6.45, 7) is 5.60. The minimum atomic E-state index is -0.808. The van der Waals surface area contributed by atoms with Crippen LogP contribution in [-0.4, -0.2) is 15.2 Å². The van der Waals surface area contributed by atoms with Crippen LogP contribution < -0.4 is 29.6 Å². The minimum absolute atomic E-state index is 0. The third-order valence-electron chi connectivity index (χ3n) is 0.393. The smallest absolute Gasteiger partial charge is 1.00 e. The van der Waals surface area contributed by atoms with Crippen molar-refractivity contribution < 1.29 is 40.9 Å². The Balaban J connectivity index is -0.000000245. The van der Waals surface area contributed by atoms with Crippen LogP contribution >= 0.6 is 11.8 Å². The summed E-state index contributed by atoms with van der Waals surface area (Å²) in [4.78, 5) is 9.98.